The first-order chi connectivity index (χ1) is 20.8. The Hall–Kier alpha value is -5.44. The van der Waals surface area contributed by atoms with Gasteiger partial charge in [0.1, 0.15) is 17.6 Å². The van der Waals surface area contributed by atoms with Crippen molar-refractivity contribution in [3.8, 4) is 5.75 Å². The first-order valence-electron chi connectivity index (χ1n) is 13.1. The first kappa shape index (κ1) is 27.7. The Morgan fingerprint density at radius 1 is 1.14 bits per heavy atom. The topological polar surface area (TPSA) is 170 Å². The van der Waals surface area contributed by atoms with Crippen molar-refractivity contribution in [2.24, 2.45) is 0 Å². The average Bonchev–Trinajstić information content (AvgIpc) is 3.62. The maximum absolute atomic E-state index is 14.3. The van der Waals surface area contributed by atoms with Crippen molar-refractivity contribution >= 4 is 51.7 Å². The minimum absolute atomic E-state index is 0.0322. The number of phenolic OH excluding ortho intramolecular Hbond substituents is 1. The number of fused-ring (bicyclic) bond motifs is 1. The molecule has 0 aliphatic carbocycles. The molecule has 1 unspecified atom stereocenters. The van der Waals surface area contributed by atoms with Crippen LogP contribution in [0.3, 0.4) is 0 Å². The van der Waals surface area contributed by atoms with Crippen molar-refractivity contribution in [1.82, 2.24) is 25.4 Å². The van der Waals surface area contributed by atoms with Crippen LogP contribution >= 0.6 is 11.3 Å². The Labute approximate surface area is 247 Å². The van der Waals surface area contributed by atoms with Crippen LogP contribution in [-0.2, 0) is 22.7 Å². The summed E-state index contributed by atoms with van der Waals surface area (Å²) in [6, 6.07) is 9.81. The van der Waals surface area contributed by atoms with E-state index in [1.165, 1.54) is 27.3 Å². The normalized spacial score (nSPS) is 15.2. The SMILES string of the molecule is O=C1CCN(c2ccc(CNc3cccc4c3C(=O)N(C(C(=O)Nc3nccs3)c3cc(F)ccc3O)C4)nn2)C(=O)N1. The Morgan fingerprint density at radius 3 is 2.74 bits per heavy atom. The molecule has 43 heavy (non-hydrogen) atoms. The van der Waals surface area contributed by atoms with Gasteiger partial charge in [0.05, 0.1) is 17.8 Å². The fourth-order valence-corrected chi connectivity index (χ4v) is 5.48. The van der Waals surface area contributed by atoms with Crippen LogP contribution in [0.2, 0.25) is 0 Å². The zero-order valence-electron chi connectivity index (χ0n) is 22.3. The van der Waals surface area contributed by atoms with Crippen LogP contribution in [0.1, 0.15) is 39.6 Å². The molecule has 5 amide bonds. The zero-order chi connectivity index (χ0) is 30.1. The van der Waals surface area contributed by atoms with Crippen LogP contribution in [0, 0.1) is 5.82 Å². The van der Waals surface area contributed by atoms with Crippen molar-refractivity contribution in [3.63, 3.8) is 0 Å². The van der Waals surface area contributed by atoms with Crippen molar-refractivity contribution in [2.75, 3.05) is 22.1 Å². The monoisotopic (exact) mass is 602 g/mol. The summed E-state index contributed by atoms with van der Waals surface area (Å²) in [4.78, 5) is 57.5. The molecule has 4 aromatic rings. The summed E-state index contributed by atoms with van der Waals surface area (Å²) in [6.07, 6.45) is 1.67. The molecule has 2 aliphatic heterocycles. The molecule has 6 rings (SSSR count). The molecular formula is C28H23FN8O5S. The quantitative estimate of drug-likeness (QED) is 0.237. The van der Waals surface area contributed by atoms with Crippen molar-refractivity contribution in [2.45, 2.75) is 25.6 Å². The molecule has 4 N–H and O–H groups in total. The highest BCUT2D eigenvalue weighted by Gasteiger charge is 2.40. The number of phenols is 1. The molecule has 1 saturated heterocycles. The van der Waals surface area contributed by atoms with Crippen LogP contribution in [0.25, 0.3) is 0 Å². The van der Waals surface area contributed by atoms with E-state index in [1.54, 1.807) is 35.7 Å². The first-order valence-corrected chi connectivity index (χ1v) is 14.0. The highest BCUT2D eigenvalue weighted by atomic mass is 32.1. The number of rotatable bonds is 8. The molecule has 1 atom stereocenters. The van der Waals surface area contributed by atoms with Crippen molar-refractivity contribution in [1.29, 1.82) is 0 Å². The van der Waals surface area contributed by atoms with Crippen molar-refractivity contribution in [3.05, 3.63) is 88.3 Å². The number of imide groups is 1. The van der Waals surface area contributed by atoms with E-state index in [0.717, 1.165) is 18.2 Å². The van der Waals surface area contributed by atoms with Gasteiger partial charge < -0.3 is 15.3 Å². The number of thiazole rings is 1. The molecule has 2 aliphatic rings. The van der Waals surface area contributed by atoms with Gasteiger partial charge in [-0.1, -0.05) is 12.1 Å². The fourth-order valence-electron chi connectivity index (χ4n) is 4.95. The predicted molar refractivity (Wildman–Crippen MR) is 153 cm³/mol. The number of urea groups is 1. The number of benzene rings is 2. The Balaban J connectivity index is 1.22. The van der Waals surface area contributed by atoms with Crippen LogP contribution in [0.15, 0.2) is 60.1 Å². The molecular weight excluding hydrogens is 579 g/mol. The van der Waals surface area contributed by atoms with Gasteiger partial charge >= 0.3 is 6.03 Å². The minimum Gasteiger partial charge on any atom is -0.508 e. The van der Waals surface area contributed by atoms with Crippen LogP contribution < -0.4 is 20.9 Å². The van der Waals surface area contributed by atoms with E-state index >= 15 is 0 Å². The van der Waals surface area contributed by atoms with Gasteiger partial charge in [0.2, 0.25) is 5.91 Å². The molecule has 2 aromatic carbocycles. The lowest BCUT2D eigenvalue weighted by molar-refractivity contribution is -0.121. The number of carbonyl (C=O) groups excluding carboxylic acids is 4. The number of anilines is 3. The number of carbonyl (C=O) groups is 4. The number of hydrogen-bond donors (Lipinski definition) is 4. The van der Waals surface area contributed by atoms with E-state index in [2.05, 4.69) is 31.1 Å². The molecule has 13 nitrogen and oxygen atoms in total. The van der Waals surface area contributed by atoms with Gasteiger partial charge in [-0.25, -0.2) is 14.2 Å². The predicted octanol–water partition coefficient (Wildman–Crippen LogP) is 3.17. The molecule has 15 heteroatoms. The lowest BCUT2D eigenvalue weighted by Gasteiger charge is -2.27. The van der Waals surface area contributed by atoms with Gasteiger partial charge in [0.15, 0.2) is 10.9 Å². The fraction of sp³-hybridized carbons (Fsp3) is 0.179. The maximum Gasteiger partial charge on any atom is 0.329 e. The third-order valence-electron chi connectivity index (χ3n) is 6.97. The molecule has 4 heterocycles. The minimum atomic E-state index is -1.35. The van der Waals surface area contributed by atoms with E-state index in [0.29, 0.717) is 33.5 Å². The molecule has 0 bridgehead atoms. The number of aromatic hydroxyl groups is 1. The maximum atomic E-state index is 14.3. The van der Waals surface area contributed by atoms with E-state index in [1.807, 2.05) is 0 Å². The van der Waals surface area contributed by atoms with Gasteiger partial charge in [0, 0.05) is 42.3 Å². The molecule has 218 valence electrons. The number of hydrogen-bond acceptors (Lipinski definition) is 10. The van der Waals surface area contributed by atoms with E-state index in [-0.39, 0.29) is 43.3 Å². The largest absolute Gasteiger partial charge is 0.508 e. The molecule has 2 aromatic heterocycles. The molecule has 1 fully saturated rings. The van der Waals surface area contributed by atoms with Crippen LogP contribution in [0.4, 0.5) is 25.8 Å². The standard InChI is InChI=1S/C28H23FN8O5S/c29-16-4-6-20(38)18(12-16)24(25(40)33-27-30-9-11-43-27)37-14-15-2-1-3-19(23(15)26(37)41)31-13-17-5-7-21(35-34-17)36-10-8-22(39)32-28(36)42/h1-7,9,11-12,24,31,38H,8,10,13-14H2,(H,30,33,40)(H,32,39,42). The number of nitrogens with zero attached hydrogens (tertiary/aromatic N) is 5. The summed E-state index contributed by atoms with van der Waals surface area (Å²) in [5.74, 6) is -2.21. The Kier molecular flexibility index (Phi) is 7.38. The summed E-state index contributed by atoms with van der Waals surface area (Å²) < 4.78 is 14.3. The number of amides is 5. The van der Waals surface area contributed by atoms with Gasteiger partial charge in [-0.05, 0) is 42.0 Å². The second kappa shape index (κ2) is 11.4. The van der Waals surface area contributed by atoms with E-state index < -0.39 is 29.7 Å². The summed E-state index contributed by atoms with van der Waals surface area (Å²) in [5.41, 5.74) is 1.89. The van der Waals surface area contributed by atoms with Gasteiger partial charge in [-0.2, -0.15) is 5.10 Å². The summed E-state index contributed by atoms with van der Waals surface area (Å²) >= 11 is 1.18. The average molecular weight is 603 g/mol. The van der Waals surface area contributed by atoms with E-state index in [4.69, 9.17) is 0 Å². The lowest BCUT2D eigenvalue weighted by atomic mass is 10.0. The third-order valence-corrected chi connectivity index (χ3v) is 7.66. The highest BCUT2D eigenvalue weighted by Crippen LogP contribution is 2.38. The van der Waals surface area contributed by atoms with E-state index in [9.17, 15) is 28.7 Å². The summed E-state index contributed by atoms with van der Waals surface area (Å²) in [6.45, 7) is 0.410. The lowest BCUT2D eigenvalue weighted by Crippen LogP contribution is -2.50. The second-order valence-corrected chi connectivity index (χ2v) is 10.6. The molecule has 0 saturated carbocycles. The third kappa shape index (κ3) is 5.57. The van der Waals surface area contributed by atoms with Gasteiger partial charge in [-0.3, -0.25) is 29.9 Å². The van der Waals surface area contributed by atoms with Crippen LogP contribution in [-0.4, -0.2) is 55.5 Å². The van der Waals surface area contributed by atoms with Gasteiger partial charge in [0.25, 0.3) is 11.8 Å². The Bertz CT molecular complexity index is 1730. The van der Waals surface area contributed by atoms with Gasteiger partial charge in [-0.15, -0.1) is 16.4 Å². The summed E-state index contributed by atoms with van der Waals surface area (Å²) in [5, 5.41) is 28.9. The zero-order valence-corrected chi connectivity index (χ0v) is 23.1. The van der Waals surface area contributed by atoms with Crippen molar-refractivity contribution < 1.29 is 28.7 Å². The Morgan fingerprint density at radius 2 is 2.00 bits per heavy atom. The number of halogens is 1. The second-order valence-electron chi connectivity index (χ2n) is 9.70. The number of nitrogens with one attached hydrogen (secondary N) is 3. The smallest absolute Gasteiger partial charge is 0.329 e. The number of aromatic nitrogens is 3. The molecule has 0 radical (unpaired) electrons. The highest BCUT2D eigenvalue weighted by molar-refractivity contribution is 7.13. The molecule has 0 spiro atoms. The van der Waals surface area contributed by atoms with Crippen LogP contribution in [0.5, 0.6) is 5.75 Å². The summed E-state index contributed by atoms with van der Waals surface area (Å²) in [7, 11) is 0.